The molecule has 0 radical (unpaired) electrons. The van der Waals surface area contributed by atoms with Crippen molar-refractivity contribution < 1.29 is 4.79 Å². The molecule has 3 rings (SSSR count). The molecule has 1 aromatic heterocycles. The first-order valence-electron chi connectivity index (χ1n) is 6.78. The highest BCUT2D eigenvalue weighted by Gasteiger charge is 2.43. The van der Waals surface area contributed by atoms with Crippen molar-refractivity contribution in [1.29, 1.82) is 0 Å². The monoisotopic (exact) mass is 267 g/mol. The minimum absolute atomic E-state index is 0.0480. The Kier molecular flexibility index (Phi) is 3.48. The predicted molar refractivity (Wildman–Crippen MR) is 78.0 cm³/mol. The fourth-order valence-electron chi connectivity index (χ4n) is 2.39. The largest absolute Gasteiger partial charge is 0.326 e. The fraction of sp³-hybridized carbons (Fsp3) is 0.250. The average Bonchev–Trinajstić information content (AvgIpc) is 3.29. The molecule has 1 aromatic carbocycles. The molecule has 0 spiro atoms. The number of carbonyl (C=O) groups excluding carboxylic acids is 1. The van der Waals surface area contributed by atoms with E-state index in [1.54, 1.807) is 12.3 Å². The van der Waals surface area contributed by atoms with E-state index in [0.29, 0.717) is 18.3 Å². The van der Waals surface area contributed by atoms with E-state index < -0.39 is 0 Å². The highest BCUT2D eigenvalue weighted by atomic mass is 16.2. The van der Waals surface area contributed by atoms with Crippen LogP contribution in [-0.2, 0) is 11.3 Å². The Morgan fingerprint density at radius 1 is 1.25 bits per heavy atom. The maximum Gasteiger partial charge on any atom is 0.229 e. The Morgan fingerprint density at radius 3 is 2.70 bits per heavy atom. The number of hydrogen-bond donors (Lipinski definition) is 2. The molecule has 1 amide bonds. The van der Waals surface area contributed by atoms with Crippen molar-refractivity contribution in [1.82, 2.24) is 4.98 Å². The first kappa shape index (κ1) is 12.8. The van der Waals surface area contributed by atoms with Gasteiger partial charge in [0.1, 0.15) is 5.82 Å². The molecular formula is C16H17N3O. The number of benzene rings is 1. The second-order valence-corrected chi connectivity index (χ2v) is 5.10. The Bertz CT molecular complexity index is 595. The lowest BCUT2D eigenvalue weighted by Crippen LogP contribution is -2.15. The van der Waals surface area contributed by atoms with Crippen molar-refractivity contribution in [3.05, 3.63) is 59.8 Å². The molecule has 4 nitrogen and oxygen atoms in total. The van der Waals surface area contributed by atoms with Crippen molar-refractivity contribution in [2.45, 2.75) is 18.9 Å². The highest BCUT2D eigenvalue weighted by molar-refractivity contribution is 5.94. The summed E-state index contributed by atoms with van der Waals surface area (Å²) in [5.41, 5.74) is 7.71. The van der Waals surface area contributed by atoms with Gasteiger partial charge in [-0.1, -0.05) is 36.4 Å². The molecule has 2 atom stereocenters. The summed E-state index contributed by atoms with van der Waals surface area (Å²) in [7, 11) is 0. The van der Waals surface area contributed by atoms with Crippen molar-refractivity contribution in [2.24, 2.45) is 11.7 Å². The van der Waals surface area contributed by atoms with Crippen LogP contribution < -0.4 is 11.1 Å². The zero-order valence-electron chi connectivity index (χ0n) is 11.1. The molecular weight excluding hydrogens is 250 g/mol. The van der Waals surface area contributed by atoms with E-state index in [1.165, 1.54) is 5.56 Å². The second-order valence-electron chi connectivity index (χ2n) is 5.10. The number of aromatic nitrogens is 1. The van der Waals surface area contributed by atoms with Crippen molar-refractivity contribution in [3.8, 4) is 0 Å². The Labute approximate surface area is 118 Å². The maximum absolute atomic E-state index is 12.1. The Morgan fingerprint density at radius 2 is 2.05 bits per heavy atom. The molecule has 1 aliphatic rings. The third kappa shape index (κ3) is 2.70. The van der Waals surface area contributed by atoms with Gasteiger partial charge in [0.15, 0.2) is 0 Å². The van der Waals surface area contributed by atoms with Crippen LogP contribution in [0.5, 0.6) is 0 Å². The molecule has 20 heavy (non-hydrogen) atoms. The lowest BCUT2D eigenvalue weighted by atomic mass is 10.1. The zero-order valence-corrected chi connectivity index (χ0v) is 11.1. The quantitative estimate of drug-likeness (QED) is 0.893. The molecule has 2 aromatic rings. The number of nitrogens with two attached hydrogens (primary N) is 1. The third-order valence-electron chi connectivity index (χ3n) is 3.67. The number of anilines is 1. The van der Waals surface area contributed by atoms with Crippen LogP contribution in [0.15, 0.2) is 48.7 Å². The number of nitrogens with one attached hydrogen (secondary N) is 1. The predicted octanol–water partition coefficient (Wildman–Crippen LogP) is 2.28. The van der Waals surface area contributed by atoms with Gasteiger partial charge in [-0.05, 0) is 29.5 Å². The summed E-state index contributed by atoms with van der Waals surface area (Å²) < 4.78 is 0. The number of carbonyl (C=O) groups is 1. The van der Waals surface area contributed by atoms with Gasteiger partial charge in [-0.15, -0.1) is 0 Å². The number of pyridine rings is 1. The average molecular weight is 267 g/mol. The number of amides is 1. The smallest absolute Gasteiger partial charge is 0.229 e. The SMILES string of the molecule is NCc1ccc(NC(=O)C2CC2c2ccccc2)nc1. The van der Waals surface area contributed by atoms with Crippen molar-refractivity contribution >= 4 is 11.7 Å². The van der Waals surface area contributed by atoms with E-state index >= 15 is 0 Å². The summed E-state index contributed by atoms with van der Waals surface area (Å²) >= 11 is 0. The fourth-order valence-corrected chi connectivity index (χ4v) is 2.39. The van der Waals surface area contributed by atoms with E-state index in [1.807, 2.05) is 24.3 Å². The van der Waals surface area contributed by atoms with E-state index in [2.05, 4.69) is 22.4 Å². The molecule has 0 bridgehead atoms. The Hall–Kier alpha value is -2.20. The van der Waals surface area contributed by atoms with Gasteiger partial charge in [-0.25, -0.2) is 4.98 Å². The molecule has 102 valence electrons. The van der Waals surface area contributed by atoms with E-state index in [-0.39, 0.29) is 11.8 Å². The molecule has 1 saturated carbocycles. The van der Waals surface area contributed by atoms with E-state index in [0.717, 1.165) is 12.0 Å². The van der Waals surface area contributed by atoms with Crippen molar-refractivity contribution in [3.63, 3.8) is 0 Å². The summed E-state index contributed by atoms with van der Waals surface area (Å²) in [6, 6.07) is 13.8. The summed E-state index contributed by atoms with van der Waals surface area (Å²) in [4.78, 5) is 16.3. The van der Waals surface area contributed by atoms with Gasteiger partial charge < -0.3 is 11.1 Å². The molecule has 1 fully saturated rings. The van der Waals surface area contributed by atoms with Gasteiger partial charge in [0.25, 0.3) is 0 Å². The van der Waals surface area contributed by atoms with Gasteiger partial charge in [0.05, 0.1) is 0 Å². The van der Waals surface area contributed by atoms with Crippen LogP contribution >= 0.6 is 0 Å². The number of rotatable bonds is 4. The number of hydrogen-bond acceptors (Lipinski definition) is 3. The van der Waals surface area contributed by atoms with Crippen LogP contribution in [0, 0.1) is 5.92 Å². The molecule has 1 heterocycles. The van der Waals surface area contributed by atoms with Gasteiger partial charge in [0.2, 0.25) is 5.91 Å². The normalized spacial score (nSPS) is 20.4. The lowest BCUT2D eigenvalue weighted by Gasteiger charge is -2.05. The highest BCUT2D eigenvalue weighted by Crippen LogP contribution is 2.47. The molecule has 0 saturated heterocycles. The first-order valence-corrected chi connectivity index (χ1v) is 6.78. The van der Waals surface area contributed by atoms with Crippen LogP contribution in [0.1, 0.15) is 23.5 Å². The molecule has 2 unspecified atom stereocenters. The minimum Gasteiger partial charge on any atom is -0.326 e. The van der Waals surface area contributed by atoms with Crippen LogP contribution in [0.3, 0.4) is 0 Å². The van der Waals surface area contributed by atoms with Crippen LogP contribution in [-0.4, -0.2) is 10.9 Å². The Balaban J connectivity index is 1.61. The summed E-state index contributed by atoms with van der Waals surface area (Å²) in [6.07, 6.45) is 2.61. The van der Waals surface area contributed by atoms with Crippen LogP contribution in [0.2, 0.25) is 0 Å². The molecule has 4 heteroatoms. The van der Waals surface area contributed by atoms with Crippen LogP contribution in [0.4, 0.5) is 5.82 Å². The summed E-state index contributed by atoms with van der Waals surface area (Å²) in [5, 5.41) is 2.86. The number of nitrogens with zero attached hydrogens (tertiary/aromatic N) is 1. The molecule has 3 N–H and O–H groups in total. The van der Waals surface area contributed by atoms with Gasteiger partial charge in [0, 0.05) is 18.7 Å². The summed E-state index contributed by atoms with van der Waals surface area (Å²) in [6.45, 7) is 0.458. The second kappa shape index (κ2) is 5.43. The van der Waals surface area contributed by atoms with Gasteiger partial charge in [-0.2, -0.15) is 0 Å². The molecule has 1 aliphatic carbocycles. The summed E-state index contributed by atoms with van der Waals surface area (Å²) in [5.74, 6) is 1.05. The third-order valence-corrected chi connectivity index (χ3v) is 3.67. The molecule has 0 aliphatic heterocycles. The first-order chi connectivity index (χ1) is 9.78. The minimum atomic E-state index is 0.0480. The topological polar surface area (TPSA) is 68.0 Å². The zero-order chi connectivity index (χ0) is 13.9. The standard InChI is InChI=1S/C16H17N3O/c17-9-11-6-7-15(18-10-11)19-16(20)14-8-13(14)12-4-2-1-3-5-12/h1-7,10,13-14H,8-9,17H2,(H,18,19,20). The van der Waals surface area contributed by atoms with E-state index in [9.17, 15) is 4.79 Å². The van der Waals surface area contributed by atoms with Crippen LogP contribution in [0.25, 0.3) is 0 Å². The lowest BCUT2D eigenvalue weighted by molar-refractivity contribution is -0.117. The van der Waals surface area contributed by atoms with Gasteiger partial charge >= 0.3 is 0 Å². The maximum atomic E-state index is 12.1. The van der Waals surface area contributed by atoms with E-state index in [4.69, 9.17) is 5.73 Å². The van der Waals surface area contributed by atoms with Gasteiger partial charge in [-0.3, -0.25) is 4.79 Å². The van der Waals surface area contributed by atoms with Crippen molar-refractivity contribution in [2.75, 3.05) is 5.32 Å².